The van der Waals surface area contributed by atoms with E-state index in [4.69, 9.17) is 0 Å². The summed E-state index contributed by atoms with van der Waals surface area (Å²) in [5.74, 6) is -0.472. The zero-order valence-corrected chi connectivity index (χ0v) is 11.4. The van der Waals surface area contributed by atoms with Crippen LogP contribution in [0.1, 0.15) is 0 Å². The smallest absolute Gasteiger partial charge is 0.306 e. The highest BCUT2D eigenvalue weighted by atomic mass is 19.1. The molecule has 0 aliphatic carbocycles. The highest BCUT2D eigenvalue weighted by Crippen LogP contribution is 2.28. The SMILES string of the molecule is O=c1[nH]c2cccc(-c3cnn(-c4ccccc4)c3F)c2[nH]1. The van der Waals surface area contributed by atoms with E-state index >= 15 is 0 Å². The second-order valence-corrected chi connectivity index (χ2v) is 4.90. The standard InChI is InChI=1S/C16H11FN4O/c17-15-12(9-18-21(15)10-5-2-1-3-6-10)11-7-4-8-13-14(11)20-16(22)19-13/h1-9H,(H2,19,20,22). The van der Waals surface area contributed by atoms with Gasteiger partial charge in [0, 0.05) is 5.56 Å². The highest BCUT2D eigenvalue weighted by Gasteiger charge is 2.16. The lowest BCUT2D eigenvalue weighted by molar-refractivity contribution is 0.539. The fourth-order valence-corrected chi connectivity index (χ4v) is 2.55. The zero-order chi connectivity index (χ0) is 15.1. The Labute approximate surface area is 124 Å². The lowest BCUT2D eigenvalue weighted by Gasteiger charge is -2.03. The van der Waals surface area contributed by atoms with Crippen LogP contribution in [0, 0.1) is 5.95 Å². The van der Waals surface area contributed by atoms with Gasteiger partial charge in [-0.1, -0.05) is 30.3 Å². The van der Waals surface area contributed by atoms with Crippen LogP contribution in [0.2, 0.25) is 0 Å². The van der Waals surface area contributed by atoms with Gasteiger partial charge < -0.3 is 9.97 Å². The molecule has 0 radical (unpaired) electrons. The number of imidazole rings is 1. The normalized spacial score (nSPS) is 11.1. The number of nitrogens with one attached hydrogen (secondary N) is 2. The zero-order valence-electron chi connectivity index (χ0n) is 11.4. The molecule has 2 heterocycles. The van der Waals surface area contributed by atoms with Crippen LogP contribution >= 0.6 is 0 Å². The van der Waals surface area contributed by atoms with Gasteiger partial charge in [0.15, 0.2) is 0 Å². The average molecular weight is 294 g/mol. The Morgan fingerprint density at radius 3 is 2.59 bits per heavy atom. The second kappa shape index (κ2) is 4.70. The number of rotatable bonds is 2. The van der Waals surface area contributed by atoms with E-state index in [1.807, 2.05) is 18.2 Å². The number of aromatic nitrogens is 4. The van der Waals surface area contributed by atoms with Crippen molar-refractivity contribution in [2.75, 3.05) is 0 Å². The van der Waals surface area contributed by atoms with Gasteiger partial charge in [0.1, 0.15) is 0 Å². The van der Waals surface area contributed by atoms with E-state index in [1.165, 1.54) is 10.9 Å². The molecule has 0 aliphatic rings. The first kappa shape index (κ1) is 12.6. The molecule has 2 aromatic heterocycles. The fourth-order valence-electron chi connectivity index (χ4n) is 2.55. The molecule has 0 spiro atoms. The maximum atomic E-state index is 14.7. The van der Waals surface area contributed by atoms with Gasteiger partial charge in [-0.15, -0.1) is 0 Å². The van der Waals surface area contributed by atoms with Crippen molar-refractivity contribution in [3.63, 3.8) is 0 Å². The number of hydrogen-bond donors (Lipinski definition) is 2. The first-order chi connectivity index (χ1) is 10.7. The maximum Gasteiger partial charge on any atom is 0.323 e. The fraction of sp³-hybridized carbons (Fsp3) is 0. The van der Waals surface area contributed by atoms with E-state index in [-0.39, 0.29) is 5.69 Å². The number of fused-ring (bicyclic) bond motifs is 1. The summed E-state index contributed by atoms with van der Waals surface area (Å²) < 4.78 is 16.0. The van der Waals surface area contributed by atoms with Crippen LogP contribution in [0.3, 0.4) is 0 Å². The average Bonchev–Trinajstić information content (AvgIpc) is 3.10. The topological polar surface area (TPSA) is 66.5 Å². The van der Waals surface area contributed by atoms with Gasteiger partial charge in [0.05, 0.1) is 28.5 Å². The molecule has 0 fully saturated rings. The molecule has 22 heavy (non-hydrogen) atoms. The Kier molecular flexibility index (Phi) is 2.69. The Hall–Kier alpha value is -3.15. The van der Waals surface area contributed by atoms with Crippen LogP contribution in [0.4, 0.5) is 4.39 Å². The Bertz CT molecular complexity index is 1010. The summed E-state index contributed by atoms with van der Waals surface area (Å²) in [4.78, 5) is 16.8. The summed E-state index contributed by atoms with van der Waals surface area (Å²) in [6.07, 6.45) is 1.46. The predicted molar refractivity (Wildman–Crippen MR) is 81.4 cm³/mol. The molecule has 2 aromatic carbocycles. The van der Waals surface area contributed by atoms with Crippen LogP contribution in [0.15, 0.2) is 59.5 Å². The summed E-state index contributed by atoms with van der Waals surface area (Å²) in [5.41, 5.74) is 2.45. The van der Waals surface area contributed by atoms with Crippen LogP contribution in [0.25, 0.3) is 27.8 Å². The van der Waals surface area contributed by atoms with Crippen LogP contribution in [-0.2, 0) is 0 Å². The predicted octanol–water partition coefficient (Wildman–Crippen LogP) is 2.85. The summed E-state index contributed by atoms with van der Waals surface area (Å²) in [6.45, 7) is 0. The summed E-state index contributed by atoms with van der Waals surface area (Å²) in [7, 11) is 0. The second-order valence-electron chi connectivity index (χ2n) is 4.90. The maximum absolute atomic E-state index is 14.7. The molecule has 108 valence electrons. The third-order valence-corrected chi connectivity index (χ3v) is 3.55. The van der Waals surface area contributed by atoms with E-state index in [1.54, 1.807) is 30.3 Å². The third kappa shape index (κ3) is 1.85. The van der Waals surface area contributed by atoms with E-state index in [0.717, 1.165) is 0 Å². The van der Waals surface area contributed by atoms with Crippen molar-refractivity contribution in [1.82, 2.24) is 19.7 Å². The number of benzene rings is 2. The van der Waals surface area contributed by atoms with E-state index in [2.05, 4.69) is 15.1 Å². The number of halogens is 1. The van der Waals surface area contributed by atoms with Crippen LogP contribution in [-0.4, -0.2) is 19.7 Å². The van der Waals surface area contributed by atoms with Crippen molar-refractivity contribution >= 4 is 11.0 Å². The highest BCUT2D eigenvalue weighted by molar-refractivity contribution is 5.91. The molecule has 6 heteroatoms. The number of nitrogens with zero attached hydrogens (tertiary/aromatic N) is 2. The lowest BCUT2D eigenvalue weighted by atomic mass is 10.1. The summed E-state index contributed by atoms with van der Waals surface area (Å²) in [6, 6.07) is 14.3. The molecule has 0 saturated heterocycles. The molecule has 0 amide bonds. The molecule has 4 rings (SSSR count). The van der Waals surface area contributed by atoms with Crippen molar-refractivity contribution in [3.8, 4) is 16.8 Å². The Balaban J connectivity index is 1.93. The molecule has 0 unspecified atom stereocenters. The molecule has 0 atom stereocenters. The number of H-pyrrole nitrogens is 2. The molecule has 2 N–H and O–H groups in total. The number of aromatic amines is 2. The molecule has 5 nitrogen and oxygen atoms in total. The molecular weight excluding hydrogens is 283 g/mol. The van der Waals surface area contributed by atoms with E-state index in [0.29, 0.717) is 27.8 Å². The number of hydrogen-bond acceptors (Lipinski definition) is 2. The van der Waals surface area contributed by atoms with Crippen molar-refractivity contribution in [2.24, 2.45) is 0 Å². The van der Waals surface area contributed by atoms with Gasteiger partial charge in [-0.05, 0) is 18.2 Å². The largest absolute Gasteiger partial charge is 0.323 e. The molecule has 4 aromatic rings. The van der Waals surface area contributed by atoms with Crippen molar-refractivity contribution in [2.45, 2.75) is 0 Å². The molecular formula is C16H11FN4O. The third-order valence-electron chi connectivity index (χ3n) is 3.55. The Morgan fingerprint density at radius 2 is 1.77 bits per heavy atom. The van der Waals surface area contributed by atoms with Gasteiger partial charge >= 0.3 is 5.69 Å². The molecule has 0 saturated carbocycles. The minimum Gasteiger partial charge on any atom is -0.306 e. The van der Waals surface area contributed by atoms with Gasteiger partial charge in [0.2, 0.25) is 5.95 Å². The van der Waals surface area contributed by atoms with Gasteiger partial charge in [-0.3, -0.25) is 0 Å². The minimum absolute atomic E-state index is 0.321. The molecule has 0 aliphatic heterocycles. The lowest BCUT2D eigenvalue weighted by Crippen LogP contribution is -2.00. The summed E-state index contributed by atoms with van der Waals surface area (Å²) >= 11 is 0. The quantitative estimate of drug-likeness (QED) is 0.597. The minimum atomic E-state index is -0.472. The number of para-hydroxylation sites is 2. The van der Waals surface area contributed by atoms with Gasteiger partial charge in [-0.25, -0.2) is 9.48 Å². The van der Waals surface area contributed by atoms with Gasteiger partial charge in [0.25, 0.3) is 0 Å². The van der Waals surface area contributed by atoms with Crippen LogP contribution in [0.5, 0.6) is 0 Å². The van der Waals surface area contributed by atoms with Gasteiger partial charge in [-0.2, -0.15) is 9.49 Å². The summed E-state index contributed by atoms with van der Waals surface area (Å²) in [5, 5.41) is 4.12. The molecule has 0 bridgehead atoms. The van der Waals surface area contributed by atoms with E-state index in [9.17, 15) is 9.18 Å². The van der Waals surface area contributed by atoms with Crippen molar-refractivity contribution < 1.29 is 4.39 Å². The first-order valence-electron chi connectivity index (χ1n) is 6.74. The monoisotopic (exact) mass is 294 g/mol. The Morgan fingerprint density at radius 1 is 0.955 bits per heavy atom. The van der Waals surface area contributed by atoms with Crippen LogP contribution < -0.4 is 5.69 Å². The first-order valence-corrected chi connectivity index (χ1v) is 6.74. The van der Waals surface area contributed by atoms with Crippen molar-refractivity contribution in [1.29, 1.82) is 0 Å². The van der Waals surface area contributed by atoms with Crippen molar-refractivity contribution in [3.05, 3.63) is 71.2 Å². The van der Waals surface area contributed by atoms with E-state index < -0.39 is 5.95 Å².